The van der Waals surface area contributed by atoms with Gasteiger partial charge in [-0.1, -0.05) is 74.5 Å². The van der Waals surface area contributed by atoms with E-state index in [0.29, 0.717) is 5.92 Å². The largest absolute Gasteiger partial charge is 0.352 e. The lowest BCUT2D eigenvalue weighted by atomic mass is 9.84. The van der Waals surface area contributed by atoms with Crippen LogP contribution in [-0.2, 0) is 4.79 Å². The summed E-state index contributed by atoms with van der Waals surface area (Å²) < 4.78 is 0. The number of carbonyl (C=O) groups excluding carboxylic acids is 1. The van der Waals surface area contributed by atoms with E-state index in [0.717, 1.165) is 25.1 Å². The molecule has 1 fully saturated rings. The Balaban J connectivity index is 1.77. The first-order chi connectivity index (χ1) is 12.2. The average Bonchev–Trinajstić information content (AvgIpc) is 2.63. The first-order valence-corrected chi connectivity index (χ1v) is 9.28. The molecule has 0 bridgehead atoms. The quantitative estimate of drug-likeness (QED) is 0.874. The number of benzene rings is 2. The van der Waals surface area contributed by atoms with Crippen LogP contribution in [0.15, 0.2) is 60.7 Å². The second kappa shape index (κ2) is 8.30. The Bertz CT molecular complexity index is 669. The normalized spacial score (nSPS) is 21.7. The lowest BCUT2D eigenvalue weighted by molar-refractivity contribution is -0.124. The number of carbonyl (C=O) groups is 1. The molecule has 1 saturated heterocycles. The highest BCUT2D eigenvalue weighted by Crippen LogP contribution is 2.28. The summed E-state index contributed by atoms with van der Waals surface area (Å²) in [6, 6.07) is 20.8. The van der Waals surface area contributed by atoms with E-state index in [-0.39, 0.29) is 23.8 Å². The summed E-state index contributed by atoms with van der Waals surface area (Å²) in [7, 11) is 0. The predicted molar refractivity (Wildman–Crippen MR) is 103 cm³/mol. The molecule has 0 spiro atoms. The van der Waals surface area contributed by atoms with Gasteiger partial charge in [-0.25, -0.2) is 0 Å². The molecule has 1 aliphatic rings. The minimum Gasteiger partial charge on any atom is -0.352 e. The minimum absolute atomic E-state index is 0.104. The van der Waals surface area contributed by atoms with Gasteiger partial charge in [0.15, 0.2) is 0 Å². The molecule has 2 N–H and O–H groups in total. The Hall–Kier alpha value is -2.13. The number of nitrogens with one attached hydrogen (secondary N) is 2. The zero-order chi connectivity index (χ0) is 17.6. The molecular weight excluding hydrogens is 308 g/mol. The van der Waals surface area contributed by atoms with Gasteiger partial charge in [0.1, 0.15) is 0 Å². The van der Waals surface area contributed by atoms with Crippen molar-refractivity contribution in [1.82, 2.24) is 10.6 Å². The molecule has 3 unspecified atom stereocenters. The van der Waals surface area contributed by atoms with Gasteiger partial charge in [-0.15, -0.1) is 0 Å². The number of hydrogen-bond acceptors (Lipinski definition) is 2. The van der Waals surface area contributed by atoms with E-state index < -0.39 is 0 Å². The number of amides is 1. The Morgan fingerprint density at radius 2 is 1.68 bits per heavy atom. The van der Waals surface area contributed by atoms with Crippen LogP contribution in [0.25, 0.3) is 0 Å². The summed E-state index contributed by atoms with van der Waals surface area (Å²) >= 11 is 0. The van der Waals surface area contributed by atoms with Crippen LogP contribution in [0.4, 0.5) is 0 Å². The zero-order valence-electron chi connectivity index (χ0n) is 15.1. The summed E-state index contributed by atoms with van der Waals surface area (Å²) in [5.74, 6) is 0.628. The van der Waals surface area contributed by atoms with Crippen LogP contribution in [0.3, 0.4) is 0 Å². The van der Waals surface area contributed by atoms with Crippen LogP contribution in [0.2, 0.25) is 0 Å². The third-order valence-corrected chi connectivity index (χ3v) is 5.15. The second-order valence-electron chi connectivity index (χ2n) is 7.26. The lowest BCUT2D eigenvalue weighted by Crippen LogP contribution is -2.49. The Kier molecular flexibility index (Phi) is 5.87. The Morgan fingerprint density at radius 1 is 1.04 bits per heavy atom. The van der Waals surface area contributed by atoms with E-state index in [9.17, 15) is 4.79 Å². The van der Waals surface area contributed by atoms with E-state index in [1.165, 1.54) is 5.56 Å². The Labute approximate surface area is 150 Å². The topological polar surface area (TPSA) is 41.1 Å². The van der Waals surface area contributed by atoms with Crippen molar-refractivity contribution in [2.45, 2.75) is 38.1 Å². The third-order valence-electron chi connectivity index (χ3n) is 5.15. The van der Waals surface area contributed by atoms with Crippen molar-refractivity contribution in [2.75, 3.05) is 13.1 Å². The summed E-state index contributed by atoms with van der Waals surface area (Å²) in [4.78, 5) is 13.1. The molecule has 0 aliphatic carbocycles. The number of rotatable bonds is 5. The molecular formula is C22H28N2O. The fourth-order valence-electron chi connectivity index (χ4n) is 3.85. The van der Waals surface area contributed by atoms with Gasteiger partial charge in [0, 0.05) is 18.5 Å². The second-order valence-corrected chi connectivity index (χ2v) is 7.26. The molecule has 3 nitrogen and oxygen atoms in total. The maximum Gasteiger partial charge on any atom is 0.228 e. The summed E-state index contributed by atoms with van der Waals surface area (Å²) in [5.41, 5.74) is 2.39. The van der Waals surface area contributed by atoms with Gasteiger partial charge in [-0.05, 0) is 30.0 Å². The summed E-state index contributed by atoms with van der Waals surface area (Å²) in [6.45, 7) is 6.10. The molecule has 1 aliphatic heterocycles. The first-order valence-electron chi connectivity index (χ1n) is 9.28. The molecule has 0 radical (unpaired) electrons. The highest BCUT2D eigenvalue weighted by Gasteiger charge is 2.31. The van der Waals surface area contributed by atoms with Gasteiger partial charge in [0.2, 0.25) is 5.91 Å². The fourth-order valence-corrected chi connectivity index (χ4v) is 3.85. The van der Waals surface area contributed by atoms with Crippen LogP contribution >= 0.6 is 0 Å². The molecule has 3 rings (SSSR count). The van der Waals surface area contributed by atoms with Crippen molar-refractivity contribution in [3.05, 3.63) is 71.8 Å². The van der Waals surface area contributed by atoms with Crippen molar-refractivity contribution in [3.63, 3.8) is 0 Å². The third kappa shape index (κ3) is 4.29. The summed E-state index contributed by atoms with van der Waals surface area (Å²) in [6.07, 6.45) is 0.963. The number of hydrogen-bond donors (Lipinski definition) is 2. The molecule has 1 heterocycles. The van der Waals surface area contributed by atoms with E-state index >= 15 is 0 Å². The highest BCUT2D eigenvalue weighted by atomic mass is 16.2. The standard InChI is InChI=1S/C22H28N2O/c1-16(2)21(18-11-7-4-8-12-18)22(25)24-20-13-14-23-15-19(20)17-9-5-3-6-10-17/h3-12,16,19-21,23H,13-15H2,1-2H3,(H,24,25). The SMILES string of the molecule is CC(C)C(C(=O)NC1CCNCC1c1ccccc1)c1ccccc1. The highest BCUT2D eigenvalue weighted by molar-refractivity contribution is 5.84. The molecule has 0 aromatic heterocycles. The number of piperidine rings is 1. The zero-order valence-corrected chi connectivity index (χ0v) is 15.1. The van der Waals surface area contributed by atoms with Gasteiger partial charge in [-0.2, -0.15) is 0 Å². The van der Waals surface area contributed by atoms with E-state index in [1.54, 1.807) is 0 Å². The molecule has 0 saturated carbocycles. The van der Waals surface area contributed by atoms with Gasteiger partial charge in [0.05, 0.1) is 5.92 Å². The van der Waals surface area contributed by atoms with E-state index in [4.69, 9.17) is 0 Å². The monoisotopic (exact) mass is 336 g/mol. The first kappa shape index (κ1) is 17.7. The average molecular weight is 336 g/mol. The van der Waals surface area contributed by atoms with Crippen molar-refractivity contribution >= 4 is 5.91 Å². The van der Waals surface area contributed by atoms with Crippen molar-refractivity contribution in [2.24, 2.45) is 5.92 Å². The van der Waals surface area contributed by atoms with Crippen molar-refractivity contribution < 1.29 is 4.79 Å². The van der Waals surface area contributed by atoms with Crippen LogP contribution in [-0.4, -0.2) is 25.0 Å². The van der Waals surface area contributed by atoms with Crippen LogP contribution in [0.5, 0.6) is 0 Å². The van der Waals surface area contributed by atoms with Crippen LogP contribution in [0.1, 0.15) is 43.2 Å². The molecule has 3 atom stereocenters. The minimum atomic E-state index is -0.104. The molecule has 25 heavy (non-hydrogen) atoms. The smallest absolute Gasteiger partial charge is 0.228 e. The van der Waals surface area contributed by atoms with Gasteiger partial charge < -0.3 is 10.6 Å². The molecule has 2 aromatic rings. The predicted octanol–water partition coefficient (Wildman–Crippen LogP) is 3.69. The molecule has 1 amide bonds. The maximum atomic E-state index is 13.1. The van der Waals surface area contributed by atoms with E-state index in [2.05, 4.69) is 60.9 Å². The summed E-state index contributed by atoms with van der Waals surface area (Å²) in [5, 5.41) is 6.84. The van der Waals surface area contributed by atoms with E-state index in [1.807, 2.05) is 24.3 Å². The van der Waals surface area contributed by atoms with Crippen LogP contribution < -0.4 is 10.6 Å². The maximum absolute atomic E-state index is 13.1. The van der Waals surface area contributed by atoms with Gasteiger partial charge >= 0.3 is 0 Å². The van der Waals surface area contributed by atoms with Gasteiger partial charge in [0.25, 0.3) is 0 Å². The van der Waals surface area contributed by atoms with Crippen molar-refractivity contribution in [3.8, 4) is 0 Å². The molecule has 3 heteroatoms. The lowest BCUT2D eigenvalue weighted by Gasteiger charge is -2.34. The fraction of sp³-hybridized carbons (Fsp3) is 0.409. The van der Waals surface area contributed by atoms with Crippen molar-refractivity contribution in [1.29, 1.82) is 0 Å². The van der Waals surface area contributed by atoms with Crippen LogP contribution in [0, 0.1) is 5.92 Å². The van der Waals surface area contributed by atoms with Gasteiger partial charge in [-0.3, -0.25) is 4.79 Å². The Morgan fingerprint density at radius 3 is 2.32 bits per heavy atom. The molecule has 2 aromatic carbocycles. The molecule has 132 valence electrons.